The van der Waals surface area contributed by atoms with Crippen LogP contribution in [-0.2, 0) is 32.3 Å². The summed E-state index contributed by atoms with van der Waals surface area (Å²) in [5, 5.41) is 11.5. The van der Waals surface area contributed by atoms with Crippen molar-refractivity contribution in [2.45, 2.75) is 82.7 Å². The van der Waals surface area contributed by atoms with Gasteiger partial charge in [-0.2, -0.15) is 0 Å². The molecule has 1 aromatic rings. The summed E-state index contributed by atoms with van der Waals surface area (Å²) in [4.78, 5) is 52.2. The molecule has 0 aliphatic carbocycles. The number of likely N-dealkylation sites (N-methyl/N-ethyl adjacent to an activating group) is 1. The smallest absolute Gasteiger partial charge is 0.246 e. The van der Waals surface area contributed by atoms with Gasteiger partial charge in [0.25, 0.3) is 0 Å². The van der Waals surface area contributed by atoms with Gasteiger partial charge in [-0.25, -0.2) is 0 Å². The van der Waals surface area contributed by atoms with E-state index in [2.05, 4.69) is 27.8 Å². The Morgan fingerprint density at radius 3 is 2.46 bits per heavy atom. The predicted molar refractivity (Wildman–Crippen MR) is 133 cm³/mol. The van der Waals surface area contributed by atoms with E-state index in [1.807, 2.05) is 24.3 Å². The van der Waals surface area contributed by atoms with Crippen molar-refractivity contribution in [3.63, 3.8) is 0 Å². The lowest BCUT2D eigenvalue weighted by Gasteiger charge is -2.35. The minimum Gasteiger partial charge on any atom is -0.350 e. The zero-order chi connectivity index (χ0) is 25.4. The molecule has 2 fully saturated rings. The topological polar surface area (TPSA) is 120 Å². The van der Waals surface area contributed by atoms with Crippen molar-refractivity contribution in [2.75, 3.05) is 7.05 Å². The van der Waals surface area contributed by atoms with Crippen molar-refractivity contribution in [1.82, 2.24) is 26.2 Å². The summed E-state index contributed by atoms with van der Waals surface area (Å²) >= 11 is 0. The summed E-state index contributed by atoms with van der Waals surface area (Å²) in [5.41, 5.74) is 1.82. The van der Waals surface area contributed by atoms with Crippen LogP contribution in [-0.4, -0.2) is 59.7 Å². The molecule has 1 aromatic carbocycles. The number of carbonyl (C=O) groups is 4. The molecule has 9 nitrogen and oxygen atoms in total. The van der Waals surface area contributed by atoms with E-state index < -0.39 is 18.1 Å². The van der Waals surface area contributed by atoms with E-state index >= 15 is 0 Å². The molecule has 9 heteroatoms. The summed E-state index contributed by atoms with van der Waals surface area (Å²) in [6, 6.07) is 6.09. The minimum absolute atomic E-state index is 0.0245. The average molecular weight is 484 g/mol. The van der Waals surface area contributed by atoms with Gasteiger partial charge < -0.3 is 26.2 Å². The van der Waals surface area contributed by atoms with E-state index in [1.54, 1.807) is 18.9 Å². The fourth-order valence-corrected chi connectivity index (χ4v) is 4.77. The maximum Gasteiger partial charge on any atom is 0.246 e. The number of amides is 4. The first-order valence-electron chi connectivity index (χ1n) is 12.4. The van der Waals surface area contributed by atoms with Crippen LogP contribution in [0.4, 0.5) is 0 Å². The second kappa shape index (κ2) is 12.5. The van der Waals surface area contributed by atoms with E-state index in [-0.39, 0.29) is 29.7 Å². The molecule has 190 valence electrons. The second-order valence-electron chi connectivity index (χ2n) is 9.31. The normalized spacial score (nSPS) is 22.9. The number of fused-ring (bicyclic) bond motifs is 1. The monoisotopic (exact) mass is 483 g/mol. The van der Waals surface area contributed by atoms with Gasteiger partial charge in [0.2, 0.25) is 23.6 Å². The largest absolute Gasteiger partial charge is 0.350 e. The van der Waals surface area contributed by atoms with Gasteiger partial charge in [-0.15, -0.1) is 0 Å². The van der Waals surface area contributed by atoms with Crippen LogP contribution >= 0.6 is 0 Å². The second-order valence-corrected chi connectivity index (χ2v) is 9.31. The molecule has 3 rings (SSSR count). The minimum atomic E-state index is -0.614. The Kier molecular flexibility index (Phi) is 9.42. The number of nitrogens with one attached hydrogen (secondary N) is 4. The Morgan fingerprint density at radius 2 is 1.77 bits per heavy atom. The summed E-state index contributed by atoms with van der Waals surface area (Å²) in [6.45, 7) is 5.89. The van der Waals surface area contributed by atoms with Crippen LogP contribution in [0.5, 0.6) is 0 Å². The molecule has 2 aliphatic heterocycles. The maximum atomic E-state index is 13.5. The quantitative estimate of drug-likeness (QED) is 0.393. The summed E-state index contributed by atoms with van der Waals surface area (Å²) in [7, 11) is 1.70. The molecule has 0 saturated carbocycles. The molecule has 2 saturated heterocycles. The van der Waals surface area contributed by atoms with E-state index in [0.717, 1.165) is 36.8 Å². The summed E-state index contributed by atoms with van der Waals surface area (Å²) in [6.07, 6.45) is 5.91. The lowest BCUT2D eigenvalue weighted by atomic mass is 9.98. The third-order valence-electron chi connectivity index (χ3n) is 6.89. The van der Waals surface area contributed by atoms with Crippen LogP contribution in [0.15, 0.2) is 36.9 Å². The Hall–Kier alpha value is -3.20. The fourth-order valence-electron chi connectivity index (χ4n) is 4.77. The Labute approximate surface area is 207 Å². The number of carbonyl (C=O) groups excluding carboxylic acids is 4. The van der Waals surface area contributed by atoms with Crippen LogP contribution in [0.3, 0.4) is 0 Å². The summed E-state index contributed by atoms with van der Waals surface area (Å²) < 4.78 is 0. The number of benzene rings is 1. The molecule has 4 atom stereocenters. The first-order valence-corrected chi connectivity index (χ1v) is 12.4. The predicted octanol–water partition coefficient (Wildman–Crippen LogP) is 1.13. The van der Waals surface area contributed by atoms with Gasteiger partial charge in [0, 0.05) is 19.1 Å². The van der Waals surface area contributed by atoms with E-state index in [0.29, 0.717) is 25.9 Å². The van der Waals surface area contributed by atoms with Gasteiger partial charge >= 0.3 is 0 Å². The van der Waals surface area contributed by atoms with E-state index in [9.17, 15) is 19.2 Å². The van der Waals surface area contributed by atoms with E-state index in [4.69, 9.17) is 0 Å². The van der Waals surface area contributed by atoms with Crippen LogP contribution < -0.4 is 21.3 Å². The molecule has 0 unspecified atom stereocenters. The highest BCUT2D eigenvalue weighted by Gasteiger charge is 2.43. The number of hydrogen-bond donors (Lipinski definition) is 4. The van der Waals surface area contributed by atoms with Gasteiger partial charge in [0.15, 0.2) is 0 Å². The molecule has 0 radical (unpaired) electrons. The van der Waals surface area contributed by atoms with Gasteiger partial charge in [-0.3, -0.25) is 19.2 Å². The third-order valence-corrected chi connectivity index (χ3v) is 6.89. The summed E-state index contributed by atoms with van der Waals surface area (Å²) in [5.74, 6) is -0.802. The number of hydrogen-bond acceptors (Lipinski definition) is 5. The maximum absolute atomic E-state index is 13.5. The molecule has 35 heavy (non-hydrogen) atoms. The highest BCUT2D eigenvalue weighted by atomic mass is 16.2. The molecular weight excluding hydrogens is 446 g/mol. The number of rotatable bonds is 9. The first-order chi connectivity index (χ1) is 16.8. The Balaban J connectivity index is 1.64. The van der Waals surface area contributed by atoms with Crippen molar-refractivity contribution < 1.29 is 19.2 Å². The van der Waals surface area contributed by atoms with Crippen LogP contribution in [0.1, 0.15) is 56.6 Å². The van der Waals surface area contributed by atoms with Crippen molar-refractivity contribution in [1.29, 1.82) is 0 Å². The van der Waals surface area contributed by atoms with Crippen molar-refractivity contribution in [3.8, 4) is 0 Å². The molecule has 0 spiro atoms. The molecule has 4 amide bonds. The molecule has 2 heterocycles. The standard InChI is InChI=1S/C26H37N5O4/c1-4-23(32)28-15-18-8-7-9-19(14-18)16-29-25(34)22-13-12-20-10-5-6-11-21(26(35)31(20)22)30-24(33)17(2)27-3/h4,7-9,14,17,20-22,27H,1,5-6,10-13,15-16H2,2-3H3,(H,28,32)(H,29,34)(H,30,33)/t17-,20-,21-,22-/m0/s1. The lowest BCUT2D eigenvalue weighted by molar-refractivity contribution is -0.144. The zero-order valence-corrected chi connectivity index (χ0v) is 20.6. The van der Waals surface area contributed by atoms with E-state index in [1.165, 1.54) is 6.08 Å². The van der Waals surface area contributed by atoms with Gasteiger partial charge in [0.05, 0.1) is 6.04 Å². The van der Waals surface area contributed by atoms with Crippen molar-refractivity contribution >= 4 is 23.6 Å². The number of nitrogens with zero attached hydrogens (tertiary/aromatic N) is 1. The van der Waals surface area contributed by atoms with Gasteiger partial charge in [-0.1, -0.05) is 43.7 Å². The Morgan fingerprint density at radius 1 is 1.09 bits per heavy atom. The highest BCUT2D eigenvalue weighted by Crippen LogP contribution is 2.31. The SMILES string of the molecule is C=CC(=O)NCc1cccc(CNC(=O)[C@@H]2CC[C@@H]3CCCC[C@H](NC(=O)[C@H](C)NC)C(=O)N32)c1. The molecular formula is C26H37N5O4. The average Bonchev–Trinajstić information content (AvgIpc) is 3.29. The van der Waals surface area contributed by atoms with Gasteiger partial charge in [0.1, 0.15) is 12.1 Å². The molecule has 0 bridgehead atoms. The molecule has 2 aliphatic rings. The van der Waals surface area contributed by atoms with Crippen LogP contribution in [0.25, 0.3) is 0 Å². The van der Waals surface area contributed by atoms with Crippen molar-refractivity contribution in [2.24, 2.45) is 0 Å². The van der Waals surface area contributed by atoms with Crippen molar-refractivity contribution in [3.05, 3.63) is 48.0 Å². The third kappa shape index (κ3) is 6.91. The highest BCUT2D eigenvalue weighted by molar-refractivity contribution is 5.93. The molecule has 4 N–H and O–H groups in total. The van der Waals surface area contributed by atoms with Crippen LogP contribution in [0, 0.1) is 0 Å². The fraction of sp³-hybridized carbons (Fsp3) is 0.538. The zero-order valence-electron chi connectivity index (χ0n) is 20.6. The first kappa shape index (κ1) is 26.4. The lowest BCUT2D eigenvalue weighted by Crippen LogP contribution is -2.57. The molecule has 0 aromatic heterocycles. The van der Waals surface area contributed by atoms with Crippen LogP contribution in [0.2, 0.25) is 0 Å². The Bertz CT molecular complexity index is 949. The van der Waals surface area contributed by atoms with Gasteiger partial charge in [-0.05, 0) is 56.9 Å².